The molecule has 2 aromatic rings. The summed E-state index contributed by atoms with van der Waals surface area (Å²) < 4.78 is 16.7. The first kappa shape index (κ1) is 18.0. The van der Waals surface area contributed by atoms with E-state index in [4.69, 9.17) is 14.2 Å². The molecule has 1 aromatic carbocycles. The normalized spacial score (nSPS) is 18.7. The Morgan fingerprint density at radius 2 is 2.00 bits per heavy atom. The fraction of sp³-hybridized carbons (Fsp3) is 0.500. The summed E-state index contributed by atoms with van der Waals surface area (Å²) in [5, 5.41) is 3.40. The molecule has 144 valence electrons. The number of anilines is 1. The van der Waals surface area contributed by atoms with Crippen LogP contribution in [0.2, 0.25) is 0 Å². The van der Waals surface area contributed by atoms with Gasteiger partial charge >= 0.3 is 0 Å². The Kier molecular flexibility index (Phi) is 5.69. The first-order chi connectivity index (χ1) is 13.3. The fourth-order valence-electron chi connectivity index (χ4n) is 3.41. The molecule has 0 saturated carbocycles. The zero-order valence-electron chi connectivity index (χ0n) is 15.7. The average Bonchev–Trinajstić information content (AvgIpc) is 3.23. The standard InChI is InChI=1S/C20H26N4O3/c1-24(12-15-2-3-18-19(10-15)27-9-8-26-18)6-5-21-20-11-17(22-14-23-20)16-4-7-25-13-16/h2-3,10-11,14,16H,4-9,12-13H2,1H3,(H,21,22,23). The average molecular weight is 370 g/mol. The fourth-order valence-corrected chi connectivity index (χ4v) is 3.41. The van der Waals surface area contributed by atoms with Gasteiger partial charge in [0.2, 0.25) is 0 Å². The summed E-state index contributed by atoms with van der Waals surface area (Å²) in [5.41, 5.74) is 2.28. The smallest absolute Gasteiger partial charge is 0.161 e. The Balaban J connectivity index is 1.26. The zero-order chi connectivity index (χ0) is 18.5. The number of aromatic nitrogens is 2. The summed E-state index contributed by atoms with van der Waals surface area (Å²) in [7, 11) is 2.11. The first-order valence-corrected chi connectivity index (χ1v) is 9.48. The van der Waals surface area contributed by atoms with E-state index in [1.165, 1.54) is 5.56 Å². The van der Waals surface area contributed by atoms with Gasteiger partial charge in [0, 0.05) is 38.2 Å². The van der Waals surface area contributed by atoms with E-state index in [1.54, 1.807) is 6.33 Å². The van der Waals surface area contributed by atoms with Crippen LogP contribution in [0.3, 0.4) is 0 Å². The molecule has 27 heavy (non-hydrogen) atoms. The van der Waals surface area contributed by atoms with E-state index >= 15 is 0 Å². The molecule has 2 aliphatic rings. The Morgan fingerprint density at radius 3 is 2.85 bits per heavy atom. The minimum Gasteiger partial charge on any atom is -0.486 e. The number of fused-ring (bicyclic) bond motifs is 1. The highest BCUT2D eigenvalue weighted by Crippen LogP contribution is 2.31. The summed E-state index contributed by atoms with van der Waals surface area (Å²) in [6, 6.07) is 8.20. The van der Waals surface area contributed by atoms with Gasteiger partial charge in [-0.05, 0) is 31.2 Å². The van der Waals surface area contributed by atoms with Crippen LogP contribution < -0.4 is 14.8 Å². The van der Waals surface area contributed by atoms with Gasteiger partial charge in [-0.3, -0.25) is 0 Å². The molecule has 0 spiro atoms. The van der Waals surface area contributed by atoms with Crippen molar-refractivity contribution in [2.24, 2.45) is 0 Å². The van der Waals surface area contributed by atoms with Crippen molar-refractivity contribution < 1.29 is 14.2 Å². The van der Waals surface area contributed by atoms with Crippen molar-refractivity contribution in [3.05, 3.63) is 41.9 Å². The third kappa shape index (κ3) is 4.67. The molecule has 7 heteroatoms. The molecule has 0 bridgehead atoms. The molecule has 1 fully saturated rings. The minimum absolute atomic E-state index is 0.395. The van der Waals surface area contributed by atoms with Gasteiger partial charge in [0.15, 0.2) is 11.5 Å². The molecule has 3 heterocycles. The van der Waals surface area contributed by atoms with E-state index in [2.05, 4.69) is 39.4 Å². The zero-order valence-corrected chi connectivity index (χ0v) is 15.7. The second-order valence-corrected chi connectivity index (χ2v) is 7.03. The van der Waals surface area contributed by atoms with Gasteiger partial charge in [-0.15, -0.1) is 0 Å². The molecule has 1 atom stereocenters. The minimum atomic E-state index is 0.395. The highest BCUT2D eigenvalue weighted by Gasteiger charge is 2.19. The number of rotatable bonds is 7. The molecule has 2 aliphatic heterocycles. The molecule has 1 unspecified atom stereocenters. The summed E-state index contributed by atoms with van der Waals surface area (Å²) in [6.45, 7) is 5.39. The van der Waals surface area contributed by atoms with Crippen molar-refractivity contribution in [2.45, 2.75) is 18.9 Å². The number of hydrogen-bond acceptors (Lipinski definition) is 7. The number of ether oxygens (including phenoxy) is 3. The summed E-state index contributed by atoms with van der Waals surface area (Å²) in [6.07, 6.45) is 2.67. The molecule has 7 nitrogen and oxygen atoms in total. The van der Waals surface area contributed by atoms with E-state index in [-0.39, 0.29) is 0 Å². The molecule has 0 amide bonds. The van der Waals surface area contributed by atoms with Gasteiger partial charge in [-0.2, -0.15) is 0 Å². The monoisotopic (exact) mass is 370 g/mol. The van der Waals surface area contributed by atoms with E-state index < -0.39 is 0 Å². The topological polar surface area (TPSA) is 68.7 Å². The van der Waals surface area contributed by atoms with Crippen LogP contribution in [0.25, 0.3) is 0 Å². The quantitative estimate of drug-likeness (QED) is 0.802. The van der Waals surface area contributed by atoms with Crippen LogP contribution in [0.1, 0.15) is 23.6 Å². The van der Waals surface area contributed by atoms with Gasteiger partial charge in [-0.1, -0.05) is 6.07 Å². The number of nitrogens with one attached hydrogen (secondary N) is 1. The summed E-state index contributed by atoms with van der Waals surface area (Å²) >= 11 is 0. The Hall–Kier alpha value is -2.38. The molecule has 1 aromatic heterocycles. The van der Waals surface area contributed by atoms with Gasteiger partial charge in [-0.25, -0.2) is 9.97 Å². The van der Waals surface area contributed by atoms with Crippen LogP contribution >= 0.6 is 0 Å². The van der Waals surface area contributed by atoms with Gasteiger partial charge < -0.3 is 24.4 Å². The van der Waals surface area contributed by atoms with E-state index in [1.807, 2.05) is 12.1 Å². The van der Waals surface area contributed by atoms with E-state index in [9.17, 15) is 0 Å². The first-order valence-electron chi connectivity index (χ1n) is 9.48. The lowest BCUT2D eigenvalue weighted by Gasteiger charge is -2.21. The molecule has 0 aliphatic carbocycles. The maximum Gasteiger partial charge on any atom is 0.161 e. The highest BCUT2D eigenvalue weighted by atomic mass is 16.6. The van der Waals surface area contributed by atoms with E-state index in [0.29, 0.717) is 19.1 Å². The SMILES string of the molecule is CN(CCNc1cc(C2CCOC2)ncn1)Cc1ccc2c(c1)OCCO2. The Labute approximate surface area is 159 Å². The molecular formula is C20H26N4O3. The third-order valence-electron chi connectivity index (χ3n) is 4.89. The van der Waals surface area contributed by atoms with Crippen LogP contribution in [0, 0.1) is 0 Å². The van der Waals surface area contributed by atoms with Crippen molar-refractivity contribution in [3.63, 3.8) is 0 Å². The third-order valence-corrected chi connectivity index (χ3v) is 4.89. The second kappa shape index (κ2) is 8.54. The molecule has 1 saturated heterocycles. The lowest BCUT2D eigenvalue weighted by atomic mass is 10.1. The van der Waals surface area contributed by atoms with E-state index in [0.717, 1.165) is 62.3 Å². The van der Waals surface area contributed by atoms with Crippen molar-refractivity contribution in [2.75, 3.05) is 51.9 Å². The lowest BCUT2D eigenvalue weighted by molar-refractivity contribution is 0.171. The number of hydrogen-bond donors (Lipinski definition) is 1. The van der Waals surface area contributed by atoms with Crippen LogP contribution in [-0.4, -0.2) is 61.4 Å². The van der Waals surface area contributed by atoms with Crippen LogP contribution in [-0.2, 0) is 11.3 Å². The van der Waals surface area contributed by atoms with Crippen molar-refractivity contribution in [1.82, 2.24) is 14.9 Å². The molecular weight excluding hydrogens is 344 g/mol. The van der Waals surface area contributed by atoms with Crippen molar-refractivity contribution in [3.8, 4) is 11.5 Å². The van der Waals surface area contributed by atoms with Crippen LogP contribution in [0.5, 0.6) is 11.5 Å². The Morgan fingerprint density at radius 1 is 1.11 bits per heavy atom. The molecule has 1 N–H and O–H groups in total. The summed E-state index contributed by atoms with van der Waals surface area (Å²) in [5.74, 6) is 2.95. The number of benzene rings is 1. The second-order valence-electron chi connectivity index (χ2n) is 7.03. The number of likely N-dealkylation sites (N-methyl/N-ethyl adjacent to an activating group) is 1. The van der Waals surface area contributed by atoms with Crippen molar-refractivity contribution >= 4 is 5.82 Å². The number of nitrogens with zero attached hydrogens (tertiary/aromatic N) is 3. The molecule has 0 radical (unpaired) electrons. The largest absolute Gasteiger partial charge is 0.486 e. The lowest BCUT2D eigenvalue weighted by Crippen LogP contribution is -2.25. The highest BCUT2D eigenvalue weighted by molar-refractivity contribution is 5.43. The van der Waals surface area contributed by atoms with Crippen LogP contribution in [0.15, 0.2) is 30.6 Å². The Bertz CT molecular complexity index is 765. The van der Waals surface area contributed by atoms with Crippen LogP contribution in [0.4, 0.5) is 5.82 Å². The van der Waals surface area contributed by atoms with Crippen molar-refractivity contribution in [1.29, 1.82) is 0 Å². The van der Waals surface area contributed by atoms with Gasteiger partial charge in [0.25, 0.3) is 0 Å². The predicted octanol–water partition coefficient (Wildman–Crippen LogP) is 2.30. The predicted molar refractivity (Wildman–Crippen MR) is 102 cm³/mol. The van der Waals surface area contributed by atoms with Gasteiger partial charge in [0.05, 0.1) is 12.3 Å². The maximum absolute atomic E-state index is 5.66. The van der Waals surface area contributed by atoms with Gasteiger partial charge in [0.1, 0.15) is 25.4 Å². The summed E-state index contributed by atoms with van der Waals surface area (Å²) in [4.78, 5) is 11.0. The maximum atomic E-state index is 5.66. The molecule has 4 rings (SSSR count).